The Morgan fingerprint density at radius 3 is 2.07 bits per heavy atom. The topological polar surface area (TPSA) is 51.2 Å². The number of aryl methyl sites for hydroxylation is 1. The SMILES string of the molecule is Cc1ccc(S(=O)(=O)C(CC(=O)c2ccc(Br)cc2)c2ccccc2)cc1. The summed E-state index contributed by atoms with van der Waals surface area (Å²) in [4.78, 5) is 13.0. The number of sulfone groups is 1. The molecule has 0 aliphatic carbocycles. The van der Waals surface area contributed by atoms with Gasteiger partial charge in [-0.05, 0) is 36.8 Å². The van der Waals surface area contributed by atoms with Crippen molar-refractivity contribution >= 4 is 31.6 Å². The van der Waals surface area contributed by atoms with Gasteiger partial charge in [-0.15, -0.1) is 0 Å². The molecule has 0 heterocycles. The molecule has 0 fully saturated rings. The summed E-state index contributed by atoms with van der Waals surface area (Å²) in [6, 6.07) is 22.6. The zero-order valence-electron chi connectivity index (χ0n) is 14.8. The van der Waals surface area contributed by atoms with Crippen molar-refractivity contribution in [1.29, 1.82) is 0 Å². The Morgan fingerprint density at radius 2 is 1.48 bits per heavy atom. The fraction of sp³-hybridized carbons (Fsp3) is 0.136. The zero-order valence-corrected chi connectivity index (χ0v) is 17.2. The largest absolute Gasteiger partial charge is 0.294 e. The number of hydrogen-bond acceptors (Lipinski definition) is 3. The third-order valence-electron chi connectivity index (χ3n) is 4.43. The maximum Gasteiger partial charge on any atom is 0.185 e. The van der Waals surface area contributed by atoms with E-state index in [2.05, 4.69) is 15.9 Å². The van der Waals surface area contributed by atoms with Gasteiger partial charge in [-0.25, -0.2) is 8.42 Å². The van der Waals surface area contributed by atoms with Crippen molar-refractivity contribution in [1.82, 2.24) is 0 Å². The summed E-state index contributed by atoms with van der Waals surface area (Å²) in [5.74, 6) is -0.202. The number of carbonyl (C=O) groups is 1. The van der Waals surface area contributed by atoms with E-state index in [-0.39, 0.29) is 17.1 Å². The van der Waals surface area contributed by atoms with Gasteiger partial charge in [0.2, 0.25) is 0 Å². The molecule has 0 aliphatic heterocycles. The van der Waals surface area contributed by atoms with Crippen LogP contribution in [-0.4, -0.2) is 14.2 Å². The Kier molecular flexibility index (Phi) is 5.92. The first-order valence-electron chi connectivity index (χ1n) is 8.52. The Bertz CT molecular complexity index is 1030. The third kappa shape index (κ3) is 4.54. The van der Waals surface area contributed by atoms with Gasteiger partial charge in [-0.3, -0.25) is 4.79 Å². The van der Waals surface area contributed by atoms with Crippen LogP contribution in [0.15, 0.2) is 88.2 Å². The van der Waals surface area contributed by atoms with Crippen LogP contribution in [0.4, 0.5) is 0 Å². The molecule has 0 saturated carbocycles. The molecular weight excluding hydrogens is 424 g/mol. The molecular formula is C22H19BrO3S. The van der Waals surface area contributed by atoms with Gasteiger partial charge in [0.25, 0.3) is 0 Å². The number of rotatable bonds is 6. The van der Waals surface area contributed by atoms with Gasteiger partial charge < -0.3 is 0 Å². The molecule has 3 rings (SSSR count). The number of benzene rings is 3. The van der Waals surface area contributed by atoms with E-state index in [1.165, 1.54) is 0 Å². The van der Waals surface area contributed by atoms with E-state index in [0.717, 1.165) is 10.0 Å². The van der Waals surface area contributed by atoms with E-state index in [9.17, 15) is 13.2 Å². The van der Waals surface area contributed by atoms with E-state index in [4.69, 9.17) is 0 Å². The summed E-state index contributed by atoms with van der Waals surface area (Å²) >= 11 is 3.34. The van der Waals surface area contributed by atoms with Gasteiger partial charge in [-0.1, -0.05) is 76.1 Å². The Labute approximate surface area is 168 Å². The molecule has 0 aliphatic rings. The van der Waals surface area contributed by atoms with Gasteiger partial charge in [0, 0.05) is 16.5 Å². The highest BCUT2D eigenvalue weighted by Crippen LogP contribution is 2.33. The highest BCUT2D eigenvalue weighted by molar-refractivity contribution is 9.10. The normalized spacial score (nSPS) is 12.5. The van der Waals surface area contributed by atoms with E-state index in [1.807, 2.05) is 13.0 Å². The molecule has 0 saturated heterocycles. The van der Waals surface area contributed by atoms with Gasteiger partial charge in [0.05, 0.1) is 10.1 Å². The minimum Gasteiger partial charge on any atom is -0.294 e. The predicted octanol–water partition coefficient (Wildman–Crippen LogP) is 5.55. The first-order valence-corrected chi connectivity index (χ1v) is 10.9. The van der Waals surface area contributed by atoms with Crippen LogP contribution >= 0.6 is 15.9 Å². The molecule has 0 amide bonds. The lowest BCUT2D eigenvalue weighted by Gasteiger charge is -2.18. The fourth-order valence-electron chi connectivity index (χ4n) is 2.89. The van der Waals surface area contributed by atoms with Gasteiger partial charge >= 0.3 is 0 Å². The van der Waals surface area contributed by atoms with E-state index in [0.29, 0.717) is 11.1 Å². The van der Waals surface area contributed by atoms with Crippen molar-refractivity contribution in [3.63, 3.8) is 0 Å². The van der Waals surface area contributed by atoms with Gasteiger partial charge in [0.15, 0.2) is 15.6 Å². The number of carbonyl (C=O) groups excluding carboxylic acids is 1. The van der Waals surface area contributed by atoms with Crippen molar-refractivity contribution in [2.24, 2.45) is 0 Å². The van der Waals surface area contributed by atoms with E-state index in [1.54, 1.807) is 72.8 Å². The number of Topliss-reactive ketones (excluding diaryl/α,β-unsaturated/α-hetero) is 1. The second kappa shape index (κ2) is 8.19. The third-order valence-corrected chi connectivity index (χ3v) is 7.08. The average Bonchev–Trinajstić information content (AvgIpc) is 2.67. The highest BCUT2D eigenvalue weighted by Gasteiger charge is 2.31. The van der Waals surface area contributed by atoms with E-state index >= 15 is 0 Å². The van der Waals surface area contributed by atoms with Crippen LogP contribution in [0, 0.1) is 6.92 Å². The summed E-state index contributed by atoms with van der Waals surface area (Å²) in [7, 11) is -3.71. The Balaban J connectivity index is 2.00. The van der Waals surface area contributed by atoms with Crippen molar-refractivity contribution in [2.45, 2.75) is 23.5 Å². The molecule has 138 valence electrons. The molecule has 0 N–H and O–H groups in total. The summed E-state index contributed by atoms with van der Waals surface area (Å²) in [6.45, 7) is 1.90. The lowest BCUT2D eigenvalue weighted by molar-refractivity contribution is 0.0980. The molecule has 1 atom stereocenters. The molecule has 5 heteroatoms. The Hall–Kier alpha value is -2.24. The quantitative estimate of drug-likeness (QED) is 0.470. The molecule has 0 spiro atoms. The molecule has 1 unspecified atom stereocenters. The molecule has 3 aromatic carbocycles. The minimum atomic E-state index is -3.71. The lowest BCUT2D eigenvalue weighted by Crippen LogP contribution is -2.18. The second-order valence-corrected chi connectivity index (χ2v) is 9.44. The van der Waals surface area contributed by atoms with Crippen LogP contribution in [0.25, 0.3) is 0 Å². The van der Waals surface area contributed by atoms with E-state index < -0.39 is 15.1 Å². The van der Waals surface area contributed by atoms with Gasteiger partial charge in [-0.2, -0.15) is 0 Å². The van der Waals surface area contributed by atoms with Crippen LogP contribution in [0.1, 0.15) is 33.2 Å². The summed E-state index contributed by atoms with van der Waals surface area (Å²) in [5, 5.41) is -0.933. The molecule has 3 aromatic rings. The van der Waals surface area contributed by atoms with Crippen molar-refractivity contribution in [2.75, 3.05) is 0 Å². The Morgan fingerprint density at radius 1 is 0.889 bits per heavy atom. The van der Waals surface area contributed by atoms with Crippen LogP contribution < -0.4 is 0 Å². The summed E-state index contributed by atoms with van der Waals surface area (Å²) in [5.41, 5.74) is 2.10. The monoisotopic (exact) mass is 442 g/mol. The standard InChI is InChI=1S/C22H19BrO3S/c1-16-7-13-20(14-8-16)27(25,26)22(18-5-3-2-4-6-18)15-21(24)17-9-11-19(23)12-10-17/h2-14,22H,15H2,1H3. The van der Waals surface area contributed by atoms with Crippen LogP contribution in [0.2, 0.25) is 0 Å². The van der Waals surface area contributed by atoms with Crippen LogP contribution in [0.3, 0.4) is 0 Å². The molecule has 0 aromatic heterocycles. The van der Waals surface area contributed by atoms with Crippen LogP contribution in [0.5, 0.6) is 0 Å². The number of halogens is 1. The molecule has 0 bridgehead atoms. The summed E-state index contributed by atoms with van der Waals surface area (Å²) in [6.07, 6.45) is -0.109. The minimum absolute atomic E-state index is 0.109. The highest BCUT2D eigenvalue weighted by atomic mass is 79.9. The number of hydrogen-bond donors (Lipinski definition) is 0. The zero-order chi connectivity index (χ0) is 19.4. The average molecular weight is 443 g/mol. The predicted molar refractivity (Wildman–Crippen MR) is 111 cm³/mol. The fourth-order valence-corrected chi connectivity index (χ4v) is 4.88. The maximum atomic E-state index is 13.3. The van der Waals surface area contributed by atoms with Crippen molar-refractivity contribution < 1.29 is 13.2 Å². The first kappa shape index (κ1) is 19.5. The molecule has 0 radical (unpaired) electrons. The summed E-state index contributed by atoms with van der Waals surface area (Å²) < 4.78 is 27.5. The first-order chi connectivity index (χ1) is 12.9. The molecule has 3 nitrogen and oxygen atoms in total. The lowest BCUT2D eigenvalue weighted by atomic mass is 10.0. The number of ketones is 1. The molecule has 27 heavy (non-hydrogen) atoms. The van der Waals surface area contributed by atoms with Crippen LogP contribution in [-0.2, 0) is 9.84 Å². The maximum absolute atomic E-state index is 13.3. The second-order valence-electron chi connectivity index (χ2n) is 6.39. The van der Waals surface area contributed by atoms with Crippen molar-refractivity contribution in [3.8, 4) is 0 Å². The van der Waals surface area contributed by atoms with Gasteiger partial charge in [0.1, 0.15) is 0 Å². The smallest absolute Gasteiger partial charge is 0.185 e. The van der Waals surface area contributed by atoms with Crippen molar-refractivity contribution in [3.05, 3.63) is 100 Å².